The number of anilines is 1. The first-order valence-electron chi connectivity index (χ1n) is 9.38. The highest BCUT2D eigenvalue weighted by molar-refractivity contribution is 5.95. The SMILES string of the molecule is CCCCCCOc1cccc(NC(=O)C2CCCCC2C(=O)O)c1. The molecule has 2 atom stereocenters. The Balaban J connectivity index is 1.89. The van der Waals surface area contributed by atoms with E-state index in [1.54, 1.807) is 12.1 Å². The minimum atomic E-state index is -0.871. The Morgan fingerprint density at radius 3 is 2.64 bits per heavy atom. The van der Waals surface area contributed by atoms with Crippen molar-refractivity contribution in [2.24, 2.45) is 11.8 Å². The predicted molar refractivity (Wildman–Crippen MR) is 97.8 cm³/mol. The lowest BCUT2D eigenvalue weighted by atomic mass is 9.78. The summed E-state index contributed by atoms with van der Waals surface area (Å²) in [5.41, 5.74) is 0.658. The largest absolute Gasteiger partial charge is 0.494 e. The Labute approximate surface area is 149 Å². The number of carbonyl (C=O) groups is 2. The molecule has 1 aromatic carbocycles. The molecule has 5 heteroatoms. The van der Waals surface area contributed by atoms with Crippen LogP contribution in [0.15, 0.2) is 24.3 Å². The molecule has 1 amide bonds. The summed E-state index contributed by atoms with van der Waals surface area (Å²) >= 11 is 0. The molecule has 25 heavy (non-hydrogen) atoms. The monoisotopic (exact) mass is 347 g/mol. The highest BCUT2D eigenvalue weighted by Crippen LogP contribution is 2.31. The highest BCUT2D eigenvalue weighted by Gasteiger charge is 2.35. The van der Waals surface area contributed by atoms with E-state index in [0.29, 0.717) is 25.1 Å². The van der Waals surface area contributed by atoms with Gasteiger partial charge in [-0.3, -0.25) is 9.59 Å². The first-order valence-corrected chi connectivity index (χ1v) is 9.38. The van der Waals surface area contributed by atoms with Gasteiger partial charge in [0.05, 0.1) is 18.4 Å². The fourth-order valence-corrected chi connectivity index (χ4v) is 3.36. The summed E-state index contributed by atoms with van der Waals surface area (Å²) in [5.74, 6) is -1.37. The second kappa shape index (κ2) is 10.1. The van der Waals surface area contributed by atoms with Gasteiger partial charge in [-0.25, -0.2) is 0 Å². The van der Waals surface area contributed by atoms with E-state index in [1.807, 2.05) is 12.1 Å². The van der Waals surface area contributed by atoms with E-state index in [1.165, 1.54) is 12.8 Å². The van der Waals surface area contributed by atoms with Gasteiger partial charge in [0.2, 0.25) is 5.91 Å². The third kappa shape index (κ3) is 6.07. The van der Waals surface area contributed by atoms with Crippen molar-refractivity contribution in [3.8, 4) is 5.75 Å². The number of hydrogen-bond donors (Lipinski definition) is 2. The third-order valence-corrected chi connectivity index (χ3v) is 4.79. The summed E-state index contributed by atoms with van der Waals surface area (Å²) in [4.78, 5) is 23.9. The molecule has 2 N–H and O–H groups in total. The topological polar surface area (TPSA) is 75.6 Å². The van der Waals surface area contributed by atoms with Crippen LogP contribution in [0.4, 0.5) is 5.69 Å². The van der Waals surface area contributed by atoms with E-state index in [4.69, 9.17) is 4.74 Å². The molecule has 1 saturated carbocycles. The maximum absolute atomic E-state index is 12.5. The van der Waals surface area contributed by atoms with Crippen molar-refractivity contribution in [3.05, 3.63) is 24.3 Å². The molecule has 0 spiro atoms. The number of hydrogen-bond acceptors (Lipinski definition) is 3. The van der Waals surface area contributed by atoms with Crippen molar-refractivity contribution in [3.63, 3.8) is 0 Å². The lowest BCUT2D eigenvalue weighted by Gasteiger charge is -2.27. The molecule has 0 radical (unpaired) electrons. The van der Waals surface area contributed by atoms with Crippen LogP contribution in [-0.4, -0.2) is 23.6 Å². The van der Waals surface area contributed by atoms with Gasteiger partial charge in [-0.2, -0.15) is 0 Å². The van der Waals surface area contributed by atoms with Crippen LogP contribution in [-0.2, 0) is 9.59 Å². The van der Waals surface area contributed by atoms with Gasteiger partial charge in [0.15, 0.2) is 0 Å². The van der Waals surface area contributed by atoms with E-state index < -0.39 is 17.8 Å². The fraction of sp³-hybridized carbons (Fsp3) is 0.600. The van der Waals surface area contributed by atoms with Crippen LogP contribution < -0.4 is 10.1 Å². The second-order valence-electron chi connectivity index (χ2n) is 6.76. The summed E-state index contributed by atoms with van der Waals surface area (Å²) < 4.78 is 5.73. The van der Waals surface area contributed by atoms with Crippen molar-refractivity contribution < 1.29 is 19.4 Å². The van der Waals surface area contributed by atoms with Crippen molar-refractivity contribution >= 4 is 17.6 Å². The van der Waals surface area contributed by atoms with Crippen molar-refractivity contribution in [2.75, 3.05) is 11.9 Å². The van der Waals surface area contributed by atoms with E-state index >= 15 is 0 Å². The zero-order valence-corrected chi connectivity index (χ0v) is 15.0. The van der Waals surface area contributed by atoms with E-state index in [0.717, 1.165) is 31.4 Å². The lowest BCUT2D eigenvalue weighted by molar-refractivity contribution is -0.147. The zero-order chi connectivity index (χ0) is 18.1. The van der Waals surface area contributed by atoms with Crippen LogP contribution in [0.25, 0.3) is 0 Å². The number of rotatable bonds is 9. The molecule has 0 aliphatic heterocycles. The molecule has 2 unspecified atom stereocenters. The minimum Gasteiger partial charge on any atom is -0.494 e. The van der Waals surface area contributed by atoms with Gasteiger partial charge in [-0.15, -0.1) is 0 Å². The minimum absolute atomic E-state index is 0.202. The predicted octanol–water partition coefficient (Wildman–Crippen LogP) is 4.48. The summed E-state index contributed by atoms with van der Waals surface area (Å²) in [7, 11) is 0. The van der Waals surface area contributed by atoms with Crippen LogP contribution in [0.5, 0.6) is 5.75 Å². The number of nitrogens with one attached hydrogen (secondary N) is 1. The molecule has 2 rings (SSSR count). The molecule has 1 aliphatic carbocycles. The summed E-state index contributed by atoms with van der Waals surface area (Å²) in [6.07, 6.45) is 7.58. The molecule has 1 fully saturated rings. The number of benzene rings is 1. The number of aliphatic carboxylic acids is 1. The average molecular weight is 347 g/mol. The van der Waals surface area contributed by atoms with E-state index in [2.05, 4.69) is 12.2 Å². The first kappa shape index (κ1) is 19.3. The first-order chi connectivity index (χ1) is 12.1. The smallest absolute Gasteiger partial charge is 0.307 e. The molecule has 1 aromatic rings. The number of carboxylic acid groups (broad SMARTS) is 1. The Morgan fingerprint density at radius 1 is 1.16 bits per heavy atom. The molecular formula is C20H29NO4. The molecule has 0 heterocycles. The van der Waals surface area contributed by atoms with Crippen molar-refractivity contribution in [1.82, 2.24) is 0 Å². The molecular weight excluding hydrogens is 318 g/mol. The summed E-state index contributed by atoms with van der Waals surface area (Å²) in [6, 6.07) is 7.32. The van der Waals surface area contributed by atoms with Crippen LogP contribution in [0, 0.1) is 11.8 Å². The number of ether oxygens (including phenoxy) is 1. The van der Waals surface area contributed by atoms with Crippen LogP contribution in [0.1, 0.15) is 58.3 Å². The van der Waals surface area contributed by atoms with Crippen LogP contribution in [0.2, 0.25) is 0 Å². The van der Waals surface area contributed by atoms with Gasteiger partial charge in [0.1, 0.15) is 5.75 Å². The van der Waals surface area contributed by atoms with Gasteiger partial charge < -0.3 is 15.2 Å². The van der Waals surface area contributed by atoms with E-state index in [9.17, 15) is 14.7 Å². The number of amides is 1. The van der Waals surface area contributed by atoms with Crippen LogP contribution in [0.3, 0.4) is 0 Å². The maximum Gasteiger partial charge on any atom is 0.307 e. The third-order valence-electron chi connectivity index (χ3n) is 4.79. The van der Waals surface area contributed by atoms with Gasteiger partial charge in [0, 0.05) is 11.8 Å². The molecule has 138 valence electrons. The summed E-state index contributed by atoms with van der Waals surface area (Å²) in [6.45, 7) is 2.84. The molecule has 1 aliphatic rings. The maximum atomic E-state index is 12.5. The van der Waals surface area contributed by atoms with Crippen molar-refractivity contribution in [1.29, 1.82) is 0 Å². The fourth-order valence-electron chi connectivity index (χ4n) is 3.36. The number of carboxylic acids is 1. The Bertz CT molecular complexity index is 573. The Hall–Kier alpha value is -2.04. The molecule has 5 nitrogen and oxygen atoms in total. The van der Waals surface area contributed by atoms with E-state index in [-0.39, 0.29) is 5.91 Å². The van der Waals surface area contributed by atoms with Crippen LogP contribution >= 0.6 is 0 Å². The normalized spacial score (nSPS) is 20.0. The van der Waals surface area contributed by atoms with Gasteiger partial charge in [-0.05, 0) is 31.4 Å². The zero-order valence-electron chi connectivity index (χ0n) is 15.0. The van der Waals surface area contributed by atoms with Gasteiger partial charge in [0.25, 0.3) is 0 Å². The lowest BCUT2D eigenvalue weighted by Crippen LogP contribution is -2.36. The quantitative estimate of drug-likeness (QED) is 0.646. The highest BCUT2D eigenvalue weighted by atomic mass is 16.5. The van der Waals surface area contributed by atoms with Gasteiger partial charge >= 0.3 is 5.97 Å². The number of carbonyl (C=O) groups excluding carboxylic acids is 1. The Kier molecular flexibility index (Phi) is 7.76. The molecule has 0 bridgehead atoms. The molecule has 0 saturated heterocycles. The second-order valence-corrected chi connectivity index (χ2v) is 6.76. The number of unbranched alkanes of at least 4 members (excludes halogenated alkanes) is 3. The summed E-state index contributed by atoms with van der Waals surface area (Å²) in [5, 5.41) is 12.2. The Morgan fingerprint density at radius 2 is 1.92 bits per heavy atom. The molecule has 0 aromatic heterocycles. The standard InChI is InChI=1S/C20H29NO4/c1-2-3-4-7-13-25-16-10-8-9-15(14-16)21-19(22)17-11-5-6-12-18(17)20(23)24/h8-10,14,17-18H,2-7,11-13H2,1H3,(H,21,22)(H,23,24). The van der Waals surface area contributed by atoms with Gasteiger partial charge in [-0.1, -0.05) is 45.1 Å². The van der Waals surface area contributed by atoms with Crippen molar-refractivity contribution in [2.45, 2.75) is 58.3 Å². The average Bonchev–Trinajstić information content (AvgIpc) is 2.62.